The Balaban J connectivity index is 2.27. The number of hydrogen-bond donors (Lipinski definition) is 1. The van der Waals surface area contributed by atoms with Crippen LogP contribution >= 0.6 is 23.4 Å². The molecule has 0 saturated carbocycles. The zero-order chi connectivity index (χ0) is 13.1. The van der Waals surface area contributed by atoms with Crippen LogP contribution in [0.1, 0.15) is 18.5 Å². The van der Waals surface area contributed by atoms with E-state index in [9.17, 15) is 10.1 Å². The molecule has 0 spiro atoms. The van der Waals surface area contributed by atoms with E-state index in [0.29, 0.717) is 0 Å². The van der Waals surface area contributed by atoms with E-state index in [4.69, 9.17) is 11.6 Å². The van der Waals surface area contributed by atoms with Crippen LogP contribution in [0.25, 0.3) is 0 Å². The minimum atomic E-state index is -0.468. The lowest BCUT2D eigenvalue weighted by molar-refractivity contribution is -0.385. The molecule has 18 heavy (non-hydrogen) atoms. The number of nitrogens with one attached hydrogen (secondary N) is 1. The predicted octanol–water partition coefficient (Wildman–Crippen LogP) is 2.65. The highest BCUT2D eigenvalue weighted by atomic mass is 35.5. The van der Waals surface area contributed by atoms with E-state index < -0.39 is 4.92 Å². The van der Waals surface area contributed by atoms with Crippen molar-refractivity contribution < 1.29 is 4.92 Å². The molecule has 0 amide bonds. The molecule has 2 rings (SSSR count). The summed E-state index contributed by atoms with van der Waals surface area (Å²) in [6.07, 6.45) is 2.10. The summed E-state index contributed by atoms with van der Waals surface area (Å²) in [6.45, 7) is 1.56. The number of halogens is 1. The molecule has 1 atom stereocenters. The summed E-state index contributed by atoms with van der Waals surface area (Å²) in [7, 11) is 0. The highest BCUT2D eigenvalue weighted by molar-refractivity contribution is 7.99. The Kier molecular flexibility index (Phi) is 4.23. The van der Waals surface area contributed by atoms with E-state index in [1.165, 1.54) is 0 Å². The quantitative estimate of drug-likeness (QED) is 0.523. The second kappa shape index (κ2) is 5.71. The topological polar surface area (TPSA) is 81.0 Å². The van der Waals surface area contributed by atoms with Crippen molar-refractivity contribution in [3.63, 3.8) is 0 Å². The van der Waals surface area contributed by atoms with Crippen LogP contribution in [0.3, 0.4) is 0 Å². The van der Waals surface area contributed by atoms with E-state index in [-0.39, 0.29) is 28.5 Å². The van der Waals surface area contributed by atoms with Crippen LogP contribution in [0, 0.1) is 17.0 Å². The molecule has 6 nitrogen and oxygen atoms in total. The van der Waals surface area contributed by atoms with Crippen LogP contribution in [0.2, 0.25) is 5.28 Å². The van der Waals surface area contributed by atoms with E-state index in [2.05, 4.69) is 15.3 Å². The average Bonchev–Trinajstić information content (AvgIpc) is 2.28. The zero-order valence-corrected chi connectivity index (χ0v) is 11.4. The Bertz CT molecular complexity index is 465. The molecular formula is C10H13ClN4O2S. The number of anilines is 1. The number of aryl methyl sites for hydroxylation is 1. The number of nitrogens with zero attached hydrogens (tertiary/aromatic N) is 3. The van der Waals surface area contributed by atoms with E-state index in [1.807, 2.05) is 11.8 Å². The molecule has 1 unspecified atom stereocenters. The van der Waals surface area contributed by atoms with Gasteiger partial charge in [0.2, 0.25) is 11.1 Å². The zero-order valence-electron chi connectivity index (χ0n) is 9.85. The molecule has 0 aromatic carbocycles. The standard InChI is InChI=1S/C10H13ClN4O2S/c1-6-8(15(16)17)9(14-10(11)12-6)13-7-3-2-4-18-5-7/h7H,2-5H2,1H3,(H,12,13,14). The van der Waals surface area contributed by atoms with Gasteiger partial charge in [0.1, 0.15) is 5.69 Å². The van der Waals surface area contributed by atoms with Crippen molar-refractivity contribution in [2.75, 3.05) is 16.8 Å². The molecule has 8 heteroatoms. The first-order chi connectivity index (χ1) is 8.58. The summed E-state index contributed by atoms with van der Waals surface area (Å²) in [5.74, 6) is 2.30. The van der Waals surface area contributed by atoms with Crippen molar-refractivity contribution in [2.45, 2.75) is 25.8 Å². The molecule has 1 aliphatic heterocycles. The molecule has 1 N–H and O–H groups in total. The lowest BCUT2D eigenvalue weighted by Crippen LogP contribution is -2.27. The second-order valence-corrected chi connectivity index (χ2v) is 5.58. The summed E-state index contributed by atoms with van der Waals surface area (Å²) in [5, 5.41) is 14.2. The van der Waals surface area contributed by atoms with Crippen LogP contribution in [-0.4, -0.2) is 32.4 Å². The number of hydrogen-bond acceptors (Lipinski definition) is 6. The Hall–Kier alpha value is -1.08. The van der Waals surface area contributed by atoms with Crippen LogP contribution < -0.4 is 5.32 Å². The summed E-state index contributed by atoms with van der Waals surface area (Å²) in [5.41, 5.74) is 0.195. The largest absolute Gasteiger partial charge is 0.361 e. The van der Waals surface area contributed by atoms with Gasteiger partial charge in [-0.1, -0.05) is 0 Å². The fraction of sp³-hybridized carbons (Fsp3) is 0.600. The summed E-state index contributed by atoms with van der Waals surface area (Å²) >= 11 is 7.59. The van der Waals surface area contributed by atoms with Gasteiger partial charge in [0.15, 0.2) is 0 Å². The highest BCUT2D eigenvalue weighted by Gasteiger charge is 2.24. The summed E-state index contributed by atoms with van der Waals surface area (Å²) in [4.78, 5) is 18.3. The molecule has 1 fully saturated rings. The molecule has 0 bridgehead atoms. The first-order valence-electron chi connectivity index (χ1n) is 5.60. The normalized spacial score (nSPS) is 19.6. The molecule has 1 aromatic rings. The maximum atomic E-state index is 11.0. The van der Waals surface area contributed by atoms with Crippen molar-refractivity contribution in [1.29, 1.82) is 0 Å². The molecule has 1 aliphatic rings. The van der Waals surface area contributed by atoms with Gasteiger partial charge in [-0.15, -0.1) is 0 Å². The van der Waals surface area contributed by atoms with Gasteiger partial charge < -0.3 is 5.32 Å². The van der Waals surface area contributed by atoms with Gasteiger partial charge in [0, 0.05) is 11.8 Å². The van der Waals surface area contributed by atoms with Gasteiger partial charge in [0.05, 0.1) is 4.92 Å². The van der Waals surface area contributed by atoms with Gasteiger partial charge in [0.25, 0.3) is 0 Å². The van der Waals surface area contributed by atoms with Crippen LogP contribution in [0.5, 0.6) is 0 Å². The molecule has 0 aliphatic carbocycles. The number of thioether (sulfide) groups is 1. The third kappa shape index (κ3) is 3.02. The van der Waals surface area contributed by atoms with E-state index in [0.717, 1.165) is 24.3 Å². The fourth-order valence-corrected chi connectivity index (χ4v) is 3.18. The smallest absolute Gasteiger partial charge is 0.332 e. The number of rotatable bonds is 3. The lowest BCUT2D eigenvalue weighted by Gasteiger charge is -2.22. The van der Waals surface area contributed by atoms with Gasteiger partial charge >= 0.3 is 5.69 Å². The average molecular weight is 289 g/mol. The van der Waals surface area contributed by atoms with Crippen molar-refractivity contribution in [2.24, 2.45) is 0 Å². The van der Waals surface area contributed by atoms with E-state index in [1.54, 1.807) is 6.92 Å². The maximum Gasteiger partial charge on any atom is 0.332 e. The molecular weight excluding hydrogens is 276 g/mol. The molecule has 2 heterocycles. The van der Waals surface area contributed by atoms with Crippen LogP contribution in [0.15, 0.2) is 0 Å². The highest BCUT2D eigenvalue weighted by Crippen LogP contribution is 2.29. The van der Waals surface area contributed by atoms with Crippen molar-refractivity contribution in [3.05, 3.63) is 21.1 Å². The van der Waals surface area contributed by atoms with Gasteiger partial charge in [-0.05, 0) is 37.1 Å². The Morgan fingerprint density at radius 1 is 1.56 bits per heavy atom. The van der Waals surface area contributed by atoms with Gasteiger partial charge in [-0.3, -0.25) is 10.1 Å². The second-order valence-electron chi connectivity index (χ2n) is 4.09. The predicted molar refractivity (Wildman–Crippen MR) is 72.4 cm³/mol. The van der Waals surface area contributed by atoms with E-state index >= 15 is 0 Å². The fourth-order valence-electron chi connectivity index (χ4n) is 1.90. The van der Waals surface area contributed by atoms with Crippen molar-refractivity contribution in [3.8, 4) is 0 Å². The molecule has 0 radical (unpaired) electrons. The van der Waals surface area contributed by atoms with Gasteiger partial charge in [-0.2, -0.15) is 16.7 Å². The monoisotopic (exact) mass is 288 g/mol. The SMILES string of the molecule is Cc1nc(Cl)nc(NC2CCCSC2)c1[N+](=O)[O-]. The summed E-state index contributed by atoms with van der Waals surface area (Å²) < 4.78 is 0. The van der Waals surface area contributed by atoms with Crippen molar-refractivity contribution in [1.82, 2.24) is 9.97 Å². The third-order valence-corrected chi connectivity index (χ3v) is 4.10. The molecule has 1 saturated heterocycles. The minimum Gasteiger partial charge on any atom is -0.361 e. The lowest BCUT2D eigenvalue weighted by atomic mass is 10.2. The third-order valence-electron chi connectivity index (χ3n) is 2.71. The number of nitro groups is 1. The van der Waals surface area contributed by atoms with Crippen molar-refractivity contribution >= 4 is 34.9 Å². The molecule has 1 aromatic heterocycles. The summed E-state index contributed by atoms with van der Waals surface area (Å²) in [6, 6.07) is 0.202. The van der Waals surface area contributed by atoms with Crippen LogP contribution in [-0.2, 0) is 0 Å². The Morgan fingerprint density at radius 2 is 2.33 bits per heavy atom. The Labute approximate surface area is 114 Å². The first kappa shape index (κ1) is 13.4. The maximum absolute atomic E-state index is 11.0. The molecule has 98 valence electrons. The Morgan fingerprint density at radius 3 is 2.94 bits per heavy atom. The first-order valence-corrected chi connectivity index (χ1v) is 7.14. The minimum absolute atomic E-state index is 0.0315. The number of aromatic nitrogens is 2. The van der Waals surface area contributed by atoms with Crippen LogP contribution in [0.4, 0.5) is 11.5 Å². The van der Waals surface area contributed by atoms with Gasteiger partial charge in [-0.25, -0.2) is 4.98 Å².